The van der Waals surface area contributed by atoms with E-state index < -0.39 is 5.60 Å². The van der Waals surface area contributed by atoms with Crippen LogP contribution in [-0.2, 0) is 11.2 Å². The number of nitrogens with one attached hydrogen (secondary N) is 1. The lowest BCUT2D eigenvalue weighted by Crippen LogP contribution is -2.40. The lowest BCUT2D eigenvalue weighted by molar-refractivity contribution is 0.0211. The third kappa shape index (κ3) is 4.39. The van der Waals surface area contributed by atoms with E-state index in [0.717, 1.165) is 22.6 Å². The third-order valence-electron chi connectivity index (χ3n) is 5.42. The topological polar surface area (TPSA) is 139 Å². The average Bonchev–Trinajstić information content (AvgIpc) is 3.41. The summed E-state index contributed by atoms with van der Waals surface area (Å²) >= 11 is 0. The average molecular weight is 445 g/mol. The number of aromatic nitrogens is 7. The number of aliphatic hydroxyl groups is 1. The van der Waals surface area contributed by atoms with Gasteiger partial charge in [0.05, 0.1) is 77.8 Å². The minimum Gasteiger partial charge on any atom is -0.390 e. The fraction of sp³-hybridized carbons (Fsp3) is 0.364. The van der Waals surface area contributed by atoms with Gasteiger partial charge < -0.3 is 15.2 Å². The van der Waals surface area contributed by atoms with Crippen LogP contribution in [0, 0.1) is 11.3 Å². The second-order valence-electron chi connectivity index (χ2n) is 8.71. The molecule has 11 nitrogen and oxygen atoms in total. The van der Waals surface area contributed by atoms with Crippen molar-refractivity contribution in [3.8, 4) is 23.0 Å². The van der Waals surface area contributed by atoms with Gasteiger partial charge in [0.2, 0.25) is 0 Å². The third-order valence-corrected chi connectivity index (χ3v) is 5.42. The molecule has 0 aliphatic carbocycles. The maximum absolute atomic E-state index is 9.99. The molecule has 0 spiro atoms. The Morgan fingerprint density at radius 1 is 1.24 bits per heavy atom. The Morgan fingerprint density at radius 3 is 2.82 bits per heavy atom. The molecule has 1 fully saturated rings. The summed E-state index contributed by atoms with van der Waals surface area (Å²) in [6.07, 6.45) is 9.63. The minimum atomic E-state index is -0.764. The number of hydrogen-bond donors (Lipinski definition) is 2. The molecule has 2 N–H and O–H groups in total. The Balaban J connectivity index is 1.50. The SMILES string of the molecule is CC(C)(O)CCc1cn(-c2cnc(-c3cnn4cc(C#N)cnc34)cc2NC2COC2)nn1. The summed E-state index contributed by atoms with van der Waals surface area (Å²) in [7, 11) is 0. The van der Waals surface area contributed by atoms with Gasteiger partial charge in [-0.15, -0.1) is 5.10 Å². The summed E-state index contributed by atoms with van der Waals surface area (Å²) in [5, 5.41) is 35.4. The van der Waals surface area contributed by atoms with Crippen molar-refractivity contribution < 1.29 is 9.84 Å². The molecule has 0 radical (unpaired) electrons. The molecule has 0 saturated carbocycles. The van der Waals surface area contributed by atoms with E-state index in [2.05, 4.69) is 36.8 Å². The van der Waals surface area contributed by atoms with Crippen LogP contribution in [0.3, 0.4) is 0 Å². The highest BCUT2D eigenvalue weighted by Gasteiger charge is 2.22. The summed E-state index contributed by atoms with van der Waals surface area (Å²) in [5.74, 6) is 0. The Labute approximate surface area is 189 Å². The molecule has 0 atom stereocenters. The molecule has 5 heterocycles. The van der Waals surface area contributed by atoms with Crippen LogP contribution in [0.15, 0.2) is 37.1 Å². The Kier molecular flexibility index (Phi) is 5.24. The summed E-state index contributed by atoms with van der Waals surface area (Å²) in [6, 6.07) is 4.19. The van der Waals surface area contributed by atoms with Crippen LogP contribution in [-0.4, -0.2) is 64.5 Å². The molecular weight excluding hydrogens is 422 g/mol. The van der Waals surface area contributed by atoms with Crippen LogP contribution in [0.1, 0.15) is 31.5 Å². The summed E-state index contributed by atoms with van der Waals surface area (Å²) < 4.78 is 8.57. The number of nitriles is 1. The number of hydrogen-bond acceptors (Lipinski definition) is 9. The van der Waals surface area contributed by atoms with Crippen LogP contribution in [0.2, 0.25) is 0 Å². The van der Waals surface area contributed by atoms with Crippen LogP contribution in [0.5, 0.6) is 0 Å². The number of anilines is 1. The zero-order valence-corrected chi connectivity index (χ0v) is 18.3. The highest BCUT2D eigenvalue weighted by Crippen LogP contribution is 2.29. The molecule has 4 aromatic rings. The number of rotatable bonds is 7. The van der Waals surface area contributed by atoms with Gasteiger partial charge in [-0.3, -0.25) is 4.98 Å². The van der Waals surface area contributed by atoms with E-state index in [4.69, 9.17) is 10.00 Å². The van der Waals surface area contributed by atoms with Crippen molar-refractivity contribution in [2.24, 2.45) is 0 Å². The van der Waals surface area contributed by atoms with E-state index in [9.17, 15) is 5.11 Å². The van der Waals surface area contributed by atoms with Crippen LogP contribution in [0.4, 0.5) is 5.69 Å². The Hall–Kier alpha value is -3.88. The number of ether oxygens (including phenoxy) is 1. The molecule has 1 aliphatic rings. The first-order chi connectivity index (χ1) is 15.9. The van der Waals surface area contributed by atoms with Gasteiger partial charge in [-0.25, -0.2) is 14.2 Å². The van der Waals surface area contributed by atoms with Crippen molar-refractivity contribution >= 4 is 11.3 Å². The molecule has 1 saturated heterocycles. The molecule has 0 aromatic carbocycles. The van der Waals surface area contributed by atoms with Gasteiger partial charge in [0.25, 0.3) is 0 Å². The normalized spacial score (nSPS) is 14.2. The van der Waals surface area contributed by atoms with Gasteiger partial charge in [-0.1, -0.05) is 5.21 Å². The lowest BCUT2D eigenvalue weighted by atomic mass is 10.0. The number of nitrogens with zero attached hydrogens (tertiary/aromatic N) is 8. The smallest absolute Gasteiger partial charge is 0.164 e. The van der Waals surface area contributed by atoms with Crippen LogP contribution >= 0.6 is 0 Å². The second kappa shape index (κ2) is 8.23. The molecule has 33 heavy (non-hydrogen) atoms. The second-order valence-corrected chi connectivity index (χ2v) is 8.71. The molecule has 4 aromatic heterocycles. The van der Waals surface area contributed by atoms with Crippen molar-refractivity contribution in [3.05, 3.63) is 48.3 Å². The maximum atomic E-state index is 9.99. The molecule has 168 valence electrons. The van der Waals surface area contributed by atoms with Gasteiger partial charge in [-0.05, 0) is 32.8 Å². The first-order valence-corrected chi connectivity index (χ1v) is 10.6. The van der Waals surface area contributed by atoms with E-state index in [1.165, 1.54) is 6.20 Å². The maximum Gasteiger partial charge on any atom is 0.164 e. The lowest BCUT2D eigenvalue weighted by Gasteiger charge is -2.28. The van der Waals surface area contributed by atoms with Gasteiger partial charge in [-0.2, -0.15) is 10.4 Å². The standard InChI is InChI=1S/C22H23N9O2/c1-22(2,32)4-3-15-11-30(29-28-15)20-9-24-18(5-19(20)27-16-12-33-13-16)17-8-26-31-10-14(6-23)7-25-21(17)31/h5,7-11,16,32H,3-4,12-13H2,1-2H3,(H,24,27). The summed E-state index contributed by atoms with van der Waals surface area (Å²) in [6.45, 7) is 4.80. The van der Waals surface area contributed by atoms with Crippen molar-refractivity contribution in [2.45, 2.75) is 38.3 Å². The van der Waals surface area contributed by atoms with E-state index >= 15 is 0 Å². The van der Waals surface area contributed by atoms with Crippen molar-refractivity contribution in [2.75, 3.05) is 18.5 Å². The quantitative estimate of drug-likeness (QED) is 0.435. The van der Waals surface area contributed by atoms with E-state index in [1.807, 2.05) is 12.3 Å². The molecule has 5 rings (SSSR count). The largest absolute Gasteiger partial charge is 0.390 e. The van der Waals surface area contributed by atoms with E-state index in [0.29, 0.717) is 43.0 Å². The predicted octanol–water partition coefficient (Wildman–Crippen LogP) is 1.76. The van der Waals surface area contributed by atoms with Crippen molar-refractivity contribution in [1.29, 1.82) is 5.26 Å². The number of pyridine rings is 1. The summed E-state index contributed by atoms with van der Waals surface area (Å²) in [4.78, 5) is 9.02. The highest BCUT2D eigenvalue weighted by molar-refractivity contribution is 5.78. The zero-order valence-electron chi connectivity index (χ0n) is 18.3. The first-order valence-electron chi connectivity index (χ1n) is 10.6. The predicted molar refractivity (Wildman–Crippen MR) is 119 cm³/mol. The van der Waals surface area contributed by atoms with Crippen LogP contribution in [0.25, 0.3) is 22.6 Å². The minimum absolute atomic E-state index is 0.192. The number of aryl methyl sites for hydroxylation is 1. The van der Waals surface area contributed by atoms with Gasteiger partial charge in [0.15, 0.2) is 5.65 Å². The van der Waals surface area contributed by atoms with Crippen LogP contribution < -0.4 is 5.32 Å². The highest BCUT2D eigenvalue weighted by atomic mass is 16.5. The van der Waals surface area contributed by atoms with Crippen molar-refractivity contribution in [1.82, 2.24) is 34.6 Å². The first kappa shape index (κ1) is 21.0. The van der Waals surface area contributed by atoms with Gasteiger partial charge in [0, 0.05) is 6.20 Å². The molecule has 1 aliphatic heterocycles. The molecule has 0 unspecified atom stereocenters. The Morgan fingerprint density at radius 2 is 2.09 bits per heavy atom. The van der Waals surface area contributed by atoms with E-state index in [1.54, 1.807) is 41.6 Å². The zero-order chi connectivity index (χ0) is 23.0. The fourth-order valence-electron chi connectivity index (χ4n) is 3.51. The van der Waals surface area contributed by atoms with Gasteiger partial charge >= 0.3 is 0 Å². The molecular formula is C22H23N9O2. The monoisotopic (exact) mass is 445 g/mol. The van der Waals surface area contributed by atoms with Gasteiger partial charge in [0.1, 0.15) is 11.8 Å². The Bertz CT molecular complexity index is 1340. The molecule has 0 amide bonds. The molecule has 0 bridgehead atoms. The summed E-state index contributed by atoms with van der Waals surface area (Å²) in [5.41, 5.74) is 4.10. The number of fused-ring (bicyclic) bond motifs is 1. The van der Waals surface area contributed by atoms with Crippen molar-refractivity contribution in [3.63, 3.8) is 0 Å². The molecule has 11 heteroatoms. The van der Waals surface area contributed by atoms with E-state index in [-0.39, 0.29) is 6.04 Å². The fourth-order valence-corrected chi connectivity index (χ4v) is 3.51.